The molecule has 0 aromatic carbocycles. The van der Waals surface area contributed by atoms with Crippen LogP contribution in [0.3, 0.4) is 0 Å². The Morgan fingerprint density at radius 2 is 2.32 bits per heavy atom. The van der Waals surface area contributed by atoms with Gasteiger partial charge in [0.1, 0.15) is 0 Å². The molecule has 1 aliphatic heterocycles. The van der Waals surface area contributed by atoms with Gasteiger partial charge in [0.2, 0.25) is 5.91 Å². The van der Waals surface area contributed by atoms with E-state index in [-0.39, 0.29) is 5.91 Å². The minimum Gasteiger partial charge on any atom is -0.379 e. The Labute approximate surface area is 118 Å². The molecule has 2 rings (SSSR count). The molecule has 19 heavy (non-hydrogen) atoms. The maximum atomic E-state index is 11.7. The van der Waals surface area contributed by atoms with Crippen molar-refractivity contribution in [1.82, 2.24) is 15.2 Å². The van der Waals surface area contributed by atoms with Crippen LogP contribution in [0, 0.1) is 6.92 Å². The van der Waals surface area contributed by atoms with Crippen LogP contribution in [0.5, 0.6) is 0 Å². The van der Waals surface area contributed by atoms with Gasteiger partial charge in [0.05, 0.1) is 30.3 Å². The zero-order valence-corrected chi connectivity index (χ0v) is 12.2. The van der Waals surface area contributed by atoms with E-state index in [4.69, 9.17) is 4.74 Å². The highest BCUT2D eigenvalue weighted by atomic mass is 32.1. The van der Waals surface area contributed by atoms with Crippen LogP contribution in [0.2, 0.25) is 0 Å². The Bertz CT molecular complexity index is 402. The third-order valence-electron chi connectivity index (χ3n) is 3.09. The molecule has 1 aliphatic rings. The van der Waals surface area contributed by atoms with Gasteiger partial charge in [-0.05, 0) is 19.9 Å². The van der Waals surface area contributed by atoms with E-state index in [1.54, 1.807) is 11.3 Å². The second kappa shape index (κ2) is 7.57. The number of hydrogen-bond donors (Lipinski definition) is 1. The van der Waals surface area contributed by atoms with E-state index in [1.165, 1.54) is 0 Å². The molecule has 0 spiro atoms. The van der Waals surface area contributed by atoms with Gasteiger partial charge >= 0.3 is 0 Å². The quantitative estimate of drug-likeness (QED) is 0.786. The van der Waals surface area contributed by atoms with Crippen LogP contribution in [0.4, 0.5) is 0 Å². The van der Waals surface area contributed by atoms with Gasteiger partial charge in [-0.2, -0.15) is 0 Å². The monoisotopic (exact) mass is 283 g/mol. The SMILES string of the molecule is Cc1nc(CC(=O)NCCCN2CCOCC2)cs1. The zero-order chi connectivity index (χ0) is 13.5. The summed E-state index contributed by atoms with van der Waals surface area (Å²) in [7, 11) is 0. The van der Waals surface area contributed by atoms with Crippen molar-refractivity contribution < 1.29 is 9.53 Å². The van der Waals surface area contributed by atoms with E-state index in [0.717, 1.165) is 56.5 Å². The van der Waals surface area contributed by atoms with Crippen molar-refractivity contribution in [2.24, 2.45) is 0 Å². The zero-order valence-electron chi connectivity index (χ0n) is 11.4. The summed E-state index contributed by atoms with van der Waals surface area (Å²) in [6.45, 7) is 7.39. The van der Waals surface area contributed by atoms with E-state index in [2.05, 4.69) is 15.2 Å². The maximum absolute atomic E-state index is 11.7. The molecular formula is C13H21N3O2S. The third-order valence-corrected chi connectivity index (χ3v) is 3.91. The number of morpholine rings is 1. The molecule has 0 radical (unpaired) electrons. The van der Waals surface area contributed by atoms with Crippen molar-refractivity contribution in [2.75, 3.05) is 39.4 Å². The van der Waals surface area contributed by atoms with Crippen LogP contribution in [0.1, 0.15) is 17.1 Å². The summed E-state index contributed by atoms with van der Waals surface area (Å²) >= 11 is 1.58. The smallest absolute Gasteiger partial charge is 0.226 e. The summed E-state index contributed by atoms with van der Waals surface area (Å²) in [4.78, 5) is 18.4. The summed E-state index contributed by atoms with van der Waals surface area (Å²) in [5, 5.41) is 5.90. The summed E-state index contributed by atoms with van der Waals surface area (Å²) in [5.74, 6) is 0.0623. The number of carbonyl (C=O) groups is 1. The van der Waals surface area contributed by atoms with E-state index in [0.29, 0.717) is 6.42 Å². The van der Waals surface area contributed by atoms with Gasteiger partial charge < -0.3 is 10.1 Å². The molecule has 1 amide bonds. The summed E-state index contributed by atoms with van der Waals surface area (Å²) in [5.41, 5.74) is 0.869. The number of thiazole rings is 1. The second-order valence-corrected chi connectivity index (χ2v) is 5.75. The van der Waals surface area contributed by atoms with Gasteiger partial charge in [-0.3, -0.25) is 9.69 Å². The predicted molar refractivity (Wildman–Crippen MR) is 75.4 cm³/mol. The van der Waals surface area contributed by atoms with E-state index >= 15 is 0 Å². The van der Waals surface area contributed by atoms with E-state index in [9.17, 15) is 4.79 Å². The second-order valence-electron chi connectivity index (χ2n) is 4.69. The van der Waals surface area contributed by atoms with Crippen LogP contribution in [-0.4, -0.2) is 55.2 Å². The fourth-order valence-electron chi connectivity index (χ4n) is 2.07. The molecule has 1 N–H and O–H groups in total. The number of hydrogen-bond acceptors (Lipinski definition) is 5. The minimum absolute atomic E-state index is 0.0623. The Balaban J connectivity index is 1.56. The Morgan fingerprint density at radius 1 is 1.53 bits per heavy atom. The molecule has 0 saturated carbocycles. The molecule has 0 aliphatic carbocycles. The molecule has 0 bridgehead atoms. The fraction of sp³-hybridized carbons (Fsp3) is 0.692. The standard InChI is InChI=1S/C13H21N3O2S/c1-11-15-12(10-19-11)9-13(17)14-3-2-4-16-5-7-18-8-6-16/h10H,2-9H2,1H3,(H,14,17). The fourth-order valence-corrected chi connectivity index (χ4v) is 2.68. The summed E-state index contributed by atoms with van der Waals surface area (Å²) in [6.07, 6.45) is 1.38. The molecule has 2 heterocycles. The van der Waals surface area contributed by atoms with Gasteiger partial charge in [-0.1, -0.05) is 0 Å². The average molecular weight is 283 g/mol. The molecular weight excluding hydrogens is 262 g/mol. The van der Waals surface area contributed by atoms with Gasteiger partial charge in [-0.15, -0.1) is 11.3 Å². The highest BCUT2D eigenvalue weighted by Gasteiger charge is 2.10. The molecule has 6 heteroatoms. The number of nitrogens with one attached hydrogen (secondary N) is 1. The highest BCUT2D eigenvalue weighted by Crippen LogP contribution is 2.08. The first-order chi connectivity index (χ1) is 9.24. The first-order valence-corrected chi connectivity index (χ1v) is 7.60. The molecule has 106 valence electrons. The number of rotatable bonds is 6. The Hall–Kier alpha value is -0.980. The van der Waals surface area contributed by atoms with Gasteiger partial charge in [0.25, 0.3) is 0 Å². The largest absolute Gasteiger partial charge is 0.379 e. The van der Waals surface area contributed by atoms with Gasteiger partial charge in [0, 0.05) is 25.0 Å². The van der Waals surface area contributed by atoms with Crippen LogP contribution in [0.25, 0.3) is 0 Å². The average Bonchev–Trinajstić information content (AvgIpc) is 2.81. The van der Waals surface area contributed by atoms with E-state index in [1.807, 2.05) is 12.3 Å². The molecule has 1 saturated heterocycles. The van der Waals surface area contributed by atoms with Crippen LogP contribution in [0.15, 0.2) is 5.38 Å². The topological polar surface area (TPSA) is 54.5 Å². The molecule has 0 unspecified atom stereocenters. The summed E-state index contributed by atoms with van der Waals surface area (Å²) in [6, 6.07) is 0. The van der Waals surface area contributed by atoms with Crippen molar-refractivity contribution in [2.45, 2.75) is 19.8 Å². The Kier molecular flexibility index (Phi) is 5.75. The van der Waals surface area contributed by atoms with Crippen molar-refractivity contribution in [1.29, 1.82) is 0 Å². The molecule has 1 fully saturated rings. The number of aromatic nitrogens is 1. The number of nitrogens with zero attached hydrogens (tertiary/aromatic N) is 2. The molecule has 5 nitrogen and oxygen atoms in total. The summed E-state index contributed by atoms with van der Waals surface area (Å²) < 4.78 is 5.30. The predicted octanol–water partition coefficient (Wildman–Crippen LogP) is 0.833. The van der Waals surface area contributed by atoms with E-state index < -0.39 is 0 Å². The number of amides is 1. The lowest BCUT2D eigenvalue weighted by atomic mass is 10.3. The van der Waals surface area contributed by atoms with Gasteiger partial charge in [0.15, 0.2) is 0 Å². The van der Waals surface area contributed by atoms with Crippen LogP contribution >= 0.6 is 11.3 Å². The van der Waals surface area contributed by atoms with Crippen LogP contribution in [-0.2, 0) is 16.0 Å². The van der Waals surface area contributed by atoms with Crippen molar-refractivity contribution in [3.8, 4) is 0 Å². The van der Waals surface area contributed by atoms with Crippen LogP contribution < -0.4 is 5.32 Å². The number of carbonyl (C=O) groups excluding carboxylic acids is 1. The van der Waals surface area contributed by atoms with Gasteiger partial charge in [-0.25, -0.2) is 4.98 Å². The maximum Gasteiger partial charge on any atom is 0.226 e. The van der Waals surface area contributed by atoms with Crippen molar-refractivity contribution in [3.05, 3.63) is 16.1 Å². The highest BCUT2D eigenvalue weighted by molar-refractivity contribution is 7.09. The minimum atomic E-state index is 0.0623. The van der Waals surface area contributed by atoms with Crippen molar-refractivity contribution >= 4 is 17.2 Å². The molecule has 1 aromatic rings. The number of aryl methyl sites for hydroxylation is 1. The lowest BCUT2D eigenvalue weighted by Crippen LogP contribution is -2.38. The molecule has 0 atom stereocenters. The normalized spacial score (nSPS) is 16.5. The lowest BCUT2D eigenvalue weighted by molar-refractivity contribution is -0.120. The third kappa shape index (κ3) is 5.26. The molecule has 1 aromatic heterocycles. The first-order valence-electron chi connectivity index (χ1n) is 6.72. The number of ether oxygens (including phenoxy) is 1. The van der Waals surface area contributed by atoms with Crippen molar-refractivity contribution in [3.63, 3.8) is 0 Å². The first kappa shape index (κ1) is 14.4. The lowest BCUT2D eigenvalue weighted by Gasteiger charge is -2.26. The Morgan fingerprint density at radius 3 is 3.00 bits per heavy atom.